The minimum atomic E-state index is 0.406. The fraction of sp³-hybridized carbons (Fsp3) is 0.333. The van der Waals surface area contributed by atoms with Crippen molar-refractivity contribution < 1.29 is 5.11 Å². The summed E-state index contributed by atoms with van der Waals surface area (Å²) >= 11 is 0. The first-order chi connectivity index (χ1) is 9.21. The maximum Gasteiger partial charge on any atom is 0.119 e. The molecule has 0 heterocycles. The van der Waals surface area contributed by atoms with Gasteiger partial charge in [0, 0.05) is 0 Å². The molecule has 0 unspecified atom stereocenters. The van der Waals surface area contributed by atoms with Crippen LogP contribution in [0.3, 0.4) is 0 Å². The van der Waals surface area contributed by atoms with Gasteiger partial charge in [-0.05, 0) is 53.1 Å². The van der Waals surface area contributed by atoms with Gasteiger partial charge in [-0.25, -0.2) is 0 Å². The van der Waals surface area contributed by atoms with E-state index in [4.69, 9.17) is 0 Å². The third-order valence-corrected chi connectivity index (χ3v) is 3.78. The molecule has 0 atom stereocenters. The van der Waals surface area contributed by atoms with Crippen LogP contribution < -0.4 is 0 Å². The Morgan fingerprint density at radius 1 is 0.842 bits per heavy atom. The van der Waals surface area contributed by atoms with E-state index in [-0.39, 0.29) is 0 Å². The molecule has 0 radical (unpaired) electrons. The zero-order valence-corrected chi connectivity index (χ0v) is 12.0. The first-order valence-corrected chi connectivity index (χ1v) is 7.14. The molecule has 0 saturated heterocycles. The Balaban J connectivity index is 2.55. The maximum atomic E-state index is 10.0. The molecule has 0 aliphatic heterocycles. The molecule has 2 aromatic carbocycles. The van der Waals surface area contributed by atoms with Crippen molar-refractivity contribution in [3.63, 3.8) is 0 Å². The highest BCUT2D eigenvalue weighted by atomic mass is 16.3. The van der Waals surface area contributed by atoms with E-state index in [1.54, 1.807) is 0 Å². The molecule has 0 saturated carbocycles. The first-order valence-electron chi connectivity index (χ1n) is 7.14. The zero-order valence-electron chi connectivity index (χ0n) is 12.0. The molecule has 19 heavy (non-hydrogen) atoms. The van der Waals surface area contributed by atoms with Gasteiger partial charge in [0.2, 0.25) is 0 Å². The normalized spacial score (nSPS) is 10.7. The largest absolute Gasteiger partial charge is 0.508 e. The lowest BCUT2D eigenvalue weighted by molar-refractivity contribution is 0.469. The average Bonchev–Trinajstić information content (AvgIpc) is 2.46. The molecule has 0 fully saturated rings. The molecule has 0 bridgehead atoms. The van der Waals surface area contributed by atoms with Gasteiger partial charge in [0.1, 0.15) is 5.75 Å². The highest BCUT2D eigenvalue weighted by molar-refractivity contribution is 5.70. The molecular weight excluding hydrogens is 232 g/mol. The monoisotopic (exact) mass is 254 g/mol. The van der Waals surface area contributed by atoms with E-state index in [9.17, 15) is 5.11 Å². The van der Waals surface area contributed by atoms with E-state index in [1.807, 2.05) is 12.1 Å². The van der Waals surface area contributed by atoms with Gasteiger partial charge in [-0.2, -0.15) is 0 Å². The van der Waals surface area contributed by atoms with Gasteiger partial charge >= 0.3 is 0 Å². The van der Waals surface area contributed by atoms with E-state index < -0.39 is 0 Å². The van der Waals surface area contributed by atoms with Crippen molar-refractivity contribution in [2.45, 2.75) is 40.0 Å². The summed E-state index contributed by atoms with van der Waals surface area (Å²) in [4.78, 5) is 0. The first kappa shape index (κ1) is 13.7. The second-order valence-electron chi connectivity index (χ2n) is 4.85. The lowest BCUT2D eigenvalue weighted by Gasteiger charge is -2.14. The highest BCUT2D eigenvalue weighted by Crippen LogP contribution is 2.31. The van der Waals surface area contributed by atoms with Gasteiger partial charge in [-0.3, -0.25) is 0 Å². The van der Waals surface area contributed by atoms with Crippen molar-refractivity contribution >= 4 is 0 Å². The predicted octanol–water partition coefficient (Wildman–Crippen LogP) is 4.75. The van der Waals surface area contributed by atoms with Crippen LogP contribution in [0.25, 0.3) is 11.1 Å². The number of phenolic OH excluding ortho intramolecular Hbond substituents is 1. The average molecular weight is 254 g/mol. The zero-order chi connectivity index (χ0) is 13.8. The highest BCUT2D eigenvalue weighted by Gasteiger charge is 2.09. The number of rotatable bonds is 4. The van der Waals surface area contributed by atoms with Crippen LogP contribution in [0.5, 0.6) is 5.75 Å². The smallest absolute Gasteiger partial charge is 0.119 e. The summed E-state index contributed by atoms with van der Waals surface area (Å²) < 4.78 is 0. The lowest BCUT2D eigenvalue weighted by Crippen LogP contribution is -1.95. The fourth-order valence-electron chi connectivity index (χ4n) is 2.68. The molecule has 0 aliphatic rings. The Labute approximate surface area is 115 Å². The fourth-order valence-corrected chi connectivity index (χ4v) is 2.68. The van der Waals surface area contributed by atoms with Crippen LogP contribution in [0.4, 0.5) is 0 Å². The van der Waals surface area contributed by atoms with Crippen LogP contribution in [-0.4, -0.2) is 5.11 Å². The van der Waals surface area contributed by atoms with E-state index in [1.165, 1.54) is 16.7 Å². The summed E-state index contributed by atoms with van der Waals surface area (Å²) in [7, 11) is 0. The van der Waals surface area contributed by atoms with Crippen molar-refractivity contribution in [2.24, 2.45) is 0 Å². The summed E-state index contributed by atoms with van der Waals surface area (Å²) in [5.74, 6) is 0.406. The van der Waals surface area contributed by atoms with E-state index in [0.29, 0.717) is 5.75 Å². The Morgan fingerprint density at radius 2 is 1.58 bits per heavy atom. The van der Waals surface area contributed by atoms with Gasteiger partial charge in [-0.1, -0.05) is 51.1 Å². The molecule has 2 aromatic rings. The second-order valence-corrected chi connectivity index (χ2v) is 4.85. The van der Waals surface area contributed by atoms with Crippen LogP contribution in [0.1, 0.15) is 37.5 Å². The third kappa shape index (κ3) is 2.65. The van der Waals surface area contributed by atoms with Gasteiger partial charge in [-0.15, -0.1) is 0 Å². The van der Waals surface area contributed by atoms with Crippen molar-refractivity contribution in [3.8, 4) is 16.9 Å². The van der Waals surface area contributed by atoms with Crippen molar-refractivity contribution in [1.82, 2.24) is 0 Å². The number of benzene rings is 2. The molecule has 1 N–H and O–H groups in total. The summed E-state index contributed by atoms with van der Waals surface area (Å²) in [5.41, 5.74) is 6.17. The van der Waals surface area contributed by atoms with E-state index in [0.717, 1.165) is 30.4 Å². The number of hydrogen-bond acceptors (Lipinski definition) is 1. The lowest BCUT2D eigenvalue weighted by atomic mass is 9.92. The molecule has 100 valence electrons. The SMILES string of the molecule is CCc1ccc(-c2cccc(CC)c2CC)cc1O. The van der Waals surface area contributed by atoms with Crippen LogP contribution in [0.2, 0.25) is 0 Å². The maximum absolute atomic E-state index is 10.0. The topological polar surface area (TPSA) is 20.2 Å². The molecule has 0 amide bonds. The third-order valence-electron chi connectivity index (χ3n) is 3.78. The van der Waals surface area contributed by atoms with E-state index in [2.05, 4.69) is 45.0 Å². The number of hydrogen-bond donors (Lipinski definition) is 1. The summed E-state index contributed by atoms with van der Waals surface area (Å²) in [6.45, 7) is 6.44. The Kier molecular flexibility index (Phi) is 4.26. The van der Waals surface area contributed by atoms with Gasteiger partial charge < -0.3 is 5.11 Å². The van der Waals surface area contributed by atoms with Crippen molar-refractivity contribution in [3.05, 3.63) is 53.1 Å². The summed E-state index contributed by atoms with van der Waals surface area (Å²) in [5, 5.41) is 10.0. The van der Waals surface area contributed by atoms with Gasteiger partial charge in [0.05, 0.1) is 0 Å². The Morgan fingerprint density at radius 3 is 2.16 bits per heavy atom. The van der Waals surface area contributed by atoms with E-state index >= 15 is 0 Å². The minimum Gasteiger partial charge on any atom is -0.508 e. The molecule has 1 nitrogen and oxygen atoms in total. The van der Waals surface area contributed by atoms with Crippen LogP contribution >= 0.6 is 0 Å². The Bertz CT molecular complexity index is 570. The van der Waals surface area contributed by atoms with Gasteiger partial charge in [0.25, 0.3) is 0 Å². The number of aryl methyl sites for hydroxylation is 2. The second kappa shape index (κ2) is 5.92. The molecule has 0 aliphatic carbocycles. The molecule has 1 heteroatoms. The van der Waals surface area contributed by atoms with Crippen LogP contribution in [0.15, 0.2) is 36.4 Å². The molecule has 2 rings (SSSR count). The van der Waals surface area contributed by atoms with Crippen molar-refractivity contribution in [1.29, 1.82) is 0 Å². The number of phenols is 1. The van der Waals surface area contributed by atoms with Crippen molar-refractivity contribution in [2.75, 3.05) is 0 Å². The standard InChI is InChI=1S/C18H22O/c1-4-13-8-7-9-17(16(13)6-3)15-11-10-14(5-2)18(19)12-15/h7-12,19H,4-6H2,1-3H3. The molecule has 0 aromatic heterocycles. The molecular formula is C18H22O. The van der Waals surface area contributed by atoms with Crippen LogP contribution in [0, 0.1) is 0 Å². The minimum absolute atomic E-state index is 0.406. The van der Waals surface area contributed by atoms with Crippen LogP contribution in [-0.2, 0) is 19.3 Å². The quantitative estimate of drug-likeness (QED) is 0.835. The molecule has 0 spiro atoms. The number of aromatic hydroxyl groups is 1. The predicted molar refractivity (Wildman–Crippen MR) is 81.7 cm³/mol. The van der Waals surface area contributed by atoms with Gasteiger partial charge in [0.15, 0.2) is 0 Å². The summed E-state index contributed by atoms with van der Waals surface area (Å²) in [6, 6.07) is 12.5. The summed E-state index contributed by atoms with van der Waals surface area (Å²) in [6.07, 6.45) is 2.94. The Hall–Kier alpha value is -1.76.